The van der Waals surface area contributed by atoms with Crippen molar-refractivity contribution in [2.45, 2.75) is 0 Å². The average molecular weight is 407 g/mol. The van der Waals surface area contributed by atoms with E-state index in [1.54, 1.807) is 24.3 Å². The van der Waals surface area contributed by atoms with Crippen molar-refractivity contribution in [1.29, 1.82) is 5.26 Å². The Morgan fingerprint density at radius 1 is 1.21 bits per heavy atom. The van der Waals surface area contributed by atoms with Crippen LogP contribution in [-0.4, -0.2) is 16.1 Å². The van der Waals surface area contributed by atoms with Crippen molar-refractivity contribution in [3.8, 4) is 17.4 Å². The Morgan fingerprint density at radius 3 is 2.75 bits per heavy atom. The number of furan rings is 1. The van der Waals surface area contributed by atoms with E-state index in [4.69, 9.17) is 21.1 Å². The predicted octanol–water partition coefficient (Wildman–Crippen LogP) is 5.97. The van der Waals surface area contributed by atoms with Gasteiger partial charge < -0.3 is 9.52 Å². The number of aromatic nitrogens is 1. The molecule has 1 N–H and O–H groups in total. The maximum absolute atomic E-state index is 11.1. The van der Waals surface area contributed by atoms with Crippen molar-refractivity contribution in [3.05, 3.63) is 76.0 Å². The van der Waals surface area contributed by atoms with Gasteiger partial charge in [-0.15, -0.1) is 11.3 Å². The van der Waals surface area contributed by atoms with Gasteiger partial charge in [0, 0.05) is 11.6 Å². The number of halogens is 1. The first kappa shape index (κ1) is 18.0. The second-order valence-corrected chi connectivity index (χ2v) is 7.30. The van der Waals surface area contributed by atoms with Gasteiger partial charge in [-0.2, -0.15) is 5.26 Å². The van der Waals surface area contributed by atoms with Crippen LogP contribution in [0.2, 0.25) is 5.02 Å². The molecule has 2 aromatic heterocycles. The minimum Gasteiger partial charge on any atom is -0.478 e. The quantitative estimate of drug-likeness (QED) is 0.421. The first-order valence-corrected chi connectivity index (χ1v) is 9.35. The normalized spacial score (nSPS) is 11.5. The van der Waals surface area contributed by atoms with E-state index < -0.39 is 5.97 Å². The molecule has 5 nitrogen and oxygen atoms in total. The number of nitrogens with zero attached hydrogens (tertiary/aromatic N) is 2. The summed E-state index contributed by atoms with van der Waals surface area (Å²) in [6, 6.07) is 17.9. The second kappa shape index (κ2) is 7.31. The van der Waals surface area contributed by atoms with E-state index in [1.165, 1.54) is 23.5 Å². The molecule has 4 aromatic rings. The van der Waals surface area contributed by atoms with E-state index >= 15 is 0 Å². The summed E-state index contributed by atoms with van der Waals surface area (Å²) in [7, 11) is 0. The highest BCUT2D eigenvalue weighted by molar-refractivity contribution is 7.19. The van der Waals surface area contributed by atoms with Crippen LogP contribution in [0.1, 0.15) is 21.1 Å². The zero-order valence-corrected chi connectivity index (χ0v) is 15.8. The summed E-state index contributed by atoms with van der Waals surface area (Å²) in [6.45, 7) is 0. The van der Waals surface area contributed by atoms with Gasteiger partial charge in [0.25, 0.3) is 0 Å². The van der Waals surface area contributed by atoms with Gasteiger partial charge in [-0.1, -0.05) is 29.8 Å². The van der Waals surface area contributed by atoms with Crippen LogP contribution in [0.15, 0.2) is 59.0 Å². The van der Waals surface area contributed by atoms with Gasteiger partial charge in [-0.25, -0.2) is 9.78 Å². The minimum atomic E-state index is -1.09. The molecule has 2 aromatic carbocycles. The Morgan fingerprint density at radius 2 is 2.04 bits per heavy atom. The highest BCUT2D eigenvalue weighted by Crippen LogP contribution is 2.31. The maximum atomic E-state index is 11.1. The van der Waals surface area contributed by atoms with Gasteiger partial charge in [0.15, 0.2) is 0 Å². The molecule has 0 aliphatic carbocycles. The highest BCUT2D eigenvalue weighted by Gasteiger charge is 2.13. The number of carboxylic acids is 1. The summed E-state index contributed by atoms with van der Waals surface area (Å²) in [6.07, 6.45) is 1.63. The number of nitriles is 1. The fraction of sp³-hybridized carbons (Fsp3) is 0. The monoisotopic (exact) mass is 406 g/mol. The molecule has 7 heteroatoms. The Hall–Kier alpha value is -3.40. The van der Waals surface area contributed by atoms with E-state index in [1.807, 2.05) is 24.3 Å². The van der Waals surface area contributed by atoms with E-state index in [2.05, 4.69) is 11.1 Å². The molecule has 0 fully saturated rings. The van der Waals surface area contributed by atoms with Gasteiger partial charge in [0.2, 0.25) is 0 Å². The smallest absolute Gasteiger partial charge is 0.337 e. The van der Waals surface area contributed by atoms with Crippen molar-refractivity contribution < 1.29 is 14.3 Å². The number of carboxylic acid groups (broad SMARTS) is 1. The van der Waals surface area contributed by atoms with Gasteiger partial charge in [0.05, 0.1) is 26.4 Å². The van der Waals surface area contributed by atoms with Crippen molar-refractivity contribution in [2.24, 2.45) is 0 Å². The molecule has 4 rings (SSSR count). The summed E-state index contributed by atoms with van der Waals surface area (Å²) in [5.41, 5.74) is 1.92. The molecule has 0 saturated heterocycles. The molecule has 0 aliphatic heterocycles. The number of aromatic carboxylic acids is 1. The average Bonchev–Trinajstić information content (AvgIpc) is 3.32. The lowest BCUT2D eigenvalue weighted by atomic mass is 10.1. The number of thiazole rings is 1. The van der Waals surface area contributed by atoms with E-state index in [-0.39, 0.29) is 10.6 Å². The molecule has 0 aliphatic rings. The van der Waals surface area contributed by atoms with E-state index in [0.29, 0.717) is 27.7 Å². The highest BCUT2D eigenvalue weighted by atomic mass is 35.5. The maximum Gasteiger partial charge on any atom is 0.337 e. The summed E-state index contributed by atoms with van der Waals surface area (Å²) < 4.78 is 6.80. The van der Waals surface area contributed by atoms with Crippen LogP contribution in [0.5, 0.6) is 0 Å². The fourth-order valence-corrected chi connectivity index (χ4v) is 3.89. The standard InChI is InChI=1S/C21H11ClN2O3S/c22-16-10-12(5-7-15(16)21(25)26)18-8-6-14(27-18)9-13(11-23)20-24-17-3-1-2-4-19(17)28-20/h1-10H,(H,25,26)/b13-9+. The number of allylic oxidation sites excluding steroid dienone is 1. The molecular formula is C21H11ClN2O3S. The van der Waals surface area contributed by atoms with Crippen LogP contribution in [0.25, 0.3) is 33.2 Å². The molecule has 0 spiro atoms. The van der Waals surface area contributed by atoms with Gasteiger partial charge in [-0.05, 0) is 36.4 Å². The number of carbonyl (C=O) groups is 1. The molecular weight excluding hydrogens is 396 g/mol. The predicted molar refractivity (Wildman–Crippen MR) is 109 cm³/mol. The van der Waals surface area contributed by atoms with Crippen molar-refractivity contribution in [2.75, 3.05) is 0 Å². The zero-order chi connectivity index (χ0) is 19.7. The molecule has 136 valence electrons. The topological polar surface area (TPSA) is 87.1 Å². The van der Waals surface area contributed by atoms with Crippen LogP contribution in [0, 0.1) is 11.3 Å². The Balaban J connectivity index is 1.67. The second-order valence-electron chi connectivity index (χ2n) is 5.86. The van der Waals surface area contributed by atoms with Crippen LogP contribution in [-0.2, 0) is 0 Å². The van der Waals surface area contributed by atoms with Gasteiger partial charge >= 0.3 is 5.97 Å². The lowest BCUT2D eigenvalue weighted by Gasteiger charge is -2.01. The molecule has 28 heavy (non-hydrogen) atoms. The summed E-state index contributed by atoms with van der Waals surface area (Å²) in [5.74, 6) is -0.0787. The Bertz CT molecular complexity index is 1250. The minimum absolute atomic E-state index is 0.0275. The third-order valence-corrected chi connectivity index (χ3v) is 5.42. The van der Waals surface area contributed by atoms with Crippen molar-refractivity contribution in [3.63, 3.8) is 0 Å². The molecule has 0 amide bonds. The van der Waals surface area contributed by atoms with Crippen LogP contribution >= 0.6 is 22.9 Å². The van der Waals surface area contributed by atoms with Crippen LogP contribution in [0.4, 0.5) is 0 Å². The molecule has 0 atom stereocenters. The van der Waals surface area contributed by atoms with E-state index in [9.17, 15) is 10.1 Å². The van der Waals surface area contributed by atoms with E-state index in [0.717, 1.165) is 10.2 Å². The van der Waals surface area contributed by atoms with Crippen LogP contribution < -0.4 is 0 Å². The number of hydrogen-bond acceptors (Lipinski definition) is 5. The lowest BCUT2D eigenvalue weighted by Crippen LogP contribution is -1.96. The molecule has 0 bridgehead atoms. The number of benzene rings is 2. The number of rotatable bonds is 4. The first-order chi connectivity index (χ1) is 13.5. The number of hydrogen-bond donors (Lipinski definition) is 1. The first-order valence-electron chi connectivity index (χ1n) is 8.16. The Labute approximate surface area is 168 Å². The van der Waals surface area contributed by atoms with Gasteiger partial charge in [-0.3, -0.25) is 0 Å². The largest absolute Gasteiger partial charge is 0.478 e. The molecule has 0 radical (unpaired) electrons. The third-order valence-electron chi connectivity index (χ3n) is 4.04. The summed E-state index contributed by atoms with van der Waals surface area (Å²) in [4.78, 5) is 15.6. The van der Waals surface area contributed by atoms with Crippen LogP contribution in [0.3, 0.4) is 0 Å². The van der Waals surface area contributed by atoms with Gasteiger partial charge in [0.1, 0.15) is 22.6 Å². The molecule has 0 unspecified atom stereocenters. The fourth-order valence-electron chi connectivity index (χ4n) is 2.70. The molecule has 0 saturated carbocycles. The van der Waals surface area contributed by atoms with Crippen molar-refractivity contribution in [1.82, 2.24) is 4.98 Å². The number of fused-ring (bicyclic) bond motifs is 1. The summed E-state index contributed by atoms with van der Waals surface area (Å²) >= 11 is 7.46. The summed E-state index contributed by atoms with van der Waals surface area (Å²) in [5, 5.41) is 19.4. The SMILES string of the molecule is N#C/C(=C\c1ccc(-c2ccc(C(=O)O)c(Cl)c2)o1)c1nc2ccccc2s1. The molecule has 2 heterocycles. The Kier molecular flexibility index (Phi) is 4.70. The lowest BCUT2D eigenvalue weighted by molar-refractivity contribution is 0.0697. The third kappa shape index (κ3) is 3.41. The zero-order valence-electron chi connectivity index (χ0n) is 14.2. The van der Waals surface area contributed by atoms with Crippen molar-refractivity contribution >= 4 is 50.8 Å². The number of para-hydroxylation sites is 1.